The highest BCUT2D eigenvalue weighted by Crippen LogP contribution is 2.21. The van der Waals surface area contributed by atoms with Crippen molar-refractivity contribution in [1.82, 2.24) is 9.80 Å². The predicted octanol–water partition coefficient (Wildman–Crippen LogP) is 3.51. The number of urea groups is 1. The molecular formula is C22H28N4O. The van der Waals surface area contributed by atoms with Gasteiger partial charge in [0.15, 0.2) is 0 Å². The standard InChI is InChI=1S/C22H28N4O/c27-22(23-19-8-3-1-4-9-19)26-13-7-12-21(18-26)25-16-14-24(15-17-25)20-10-5-2-6-11-20/h1-6,8-11,21H,7,12-18H2,(H,23,27). The summed E-state index contributed by atoms with van der Waals surface area (Å²) in [7, 11) is 0. The van der Waals surface area contributed by atoms with Gasteiger partial charge in [-0.1, -0.05) is 36.4 Å². The summed E-state index contributed by atoms with van der Waals surface area (Å²) in [5, 5.41) is 3.02. The van der Waals surface area contributed by atoms with E-state index >= 15 is 0 Å². The highest BCUT2D eigenvalue weighted by atomic mass is 16.2. The summed E-state index contributed by atoms with van der Waals surface area (Å²) in [6, 6.07) is 20.9. The van der Waals surface area contributed by atoms with Gasteiger partial charge in [0.2, 0.25) is 0 Å². The lowest BCUT2D eigenvalue weighted by atomic mass is 10.0. The van der Waals surface area contributed by atoms with Crippen molar-refractivity contribution >= 4 is 17.4 Å². The second-order valence-corrected chi connectivity index (χ2v) is 7.40. The molecule has 1 unspecified atom stereocenters. The van der Waals surface area contributed by atoms with Gasteiger partial charge in [-0.25, -0.2) is 4.79 Å². The Labute approximate surface area is 161 Å². The van der Waals surface area contributed by atoms with E-state index in [4.69, 9.17) is 0 Å². The number of carbonyl (C=O) groups excluding carboxylic acids is 1. The van der Waals surface area contributed by atoms with Crippen LogP contribution in [0.1, 0.15) is 12.8 Å². The monoisotopic (exact) mass is 364 g/mol. The predicted molar refractivity (Wildman–Crippen MR) is 110 cm³/mol. The van der Waals surface area contributed by atoms with Crippen LogP contribution in [0.2, 0.25) is 0 Å². The molecule has 0 radical (unpaired) electrons. The van der Waals surface area contributed by atoms with Gasteiger partial charge in [0.05, 0.1) is 0 Å². The van der Waals surface area contributed by atoms with Crippen LogP contribution in [0.4, 0.5) is 16.2 Å². The Balaban J connectivity index is 1.30. The quantitative estimate of drug-likeness (QED) is 0.906. The van der Waals surface area contributed by atoms with E-state index in [-0.39, 0.29) is 6.03 Å². The average molecular weight is 364 g/mol. The van der Waals surface area contributed by atoms with E-state index in [2.05, 4.69) is 45.4 Å². The smallest absolute Gasteiger partial charge is 0.321 e. The van der Waals surface area contributed by atoms with Gasteiger partial charge in [0, 0.05) is 56.7 Å². The molecule has 0 aliphatic carbocycles. The first-order valence-corrected chi connectivity index (χ1v) is 9.94. The Morgan fingerprint density at radius 1 is 0.852 bits per heavy atom. The maximum atomic E-state index is 12.6. The van der Waals surface area contributed by atoms with Gasteiger partial charge >= 0.3 is 6.03 Å². The Morgan fingerprint density at radius 2 is 1.52 bits per heavy atom. The minimum Gasteiger partial charge on any atom is -0.369 e. The molecule has 142 valence electrons. The first-order chi connectivity index (χ1) is 13.3. The van der Waals surface area contributed by atoms with Crippen molar-refractivity contribution in [2.24, 2.45) is 0 Å². The molecule has 0 aromatic heterocycles. The Hall–Kier alpha value is -2.53. The molecule has 0 saturated carbocycles. The van der Waals surface area contributed by atoms with E-state index in [9.17, 15) is 4.79 Å². The van der Waals surface area contributed by atoms with E-state index in [0.717, 1.165) is 51.4 Å². The first kappa shape index (κ1) is 17.9. The number of para-hydroxylation sites is 2. The normalized spacial score (nSPS) is 21.1. The fraction of sp³-hybridized carbons (Fsp3) is 0.409. The van der Waals surface area contributed by atoms with Gasteiger partial charge in [0.25, 0.3) is 0 Å². The van der Waals surface area contributed by atoms with Crippen LogP contribution in [0, 0.1) is 0 Å². The third kappa shape index (κ3) is 4.42. The molecule has 2 saturated heterocycles. The molecule has 2 heterocycles. The van der Waals surface area contributed by atoms with Crippen LogP contribution < -0.4 is 10.2 Å². The van der Waals surface area contributed by atoms with Crippen LogP contribution in [0.25, 0.3) is 0 Å². The molecule has 2 aromatic rings. The van der Waals surface area contributed by atoms with Crippen molar-refractivity contribution in [3.63, 3.8) is 0 Å². The number of carbonyl (C=O) groups is 1. The molecule has 2 aliphatic rings. The minimum absolute atomic E-state index is 0.0221. The summed E-state index contributed by atoms with van der Waals surface area (Å²) in [5.41, 5.74) is 2.17. The number of nitrogens with zero attached hydrogens (tertiary/aromatic N) is 3. The van der Waals surface area contributed by atoms with Crippen molar-refractivity contribution in [2.75, 3.05) is 49.5 Å². The molecule has 2 aliphatic heterocycles. The number of piperidine rings is 1. The maximum absolute atomic E-state index is 12.6. The molecule has 1 atom stereocenters. The van der Waals surface area contributed by atoms with Gasteiger partial charge in [-0.2, -0.15) is 0 Å². The zero-order chi connectivity index (χ0) is 18.5. The van der Waals surface area contributed by atoms with Crippen LogP contribution in [0.3, 0.4) is 0 Å². The van der Waals surface area contributed by atoms with Crippen LogP contribution >= 0.6 is 0 Å². The third-order valence-corrected chi connectivity index (χ3v) is 5.66. The SMILES string of the molecule is O=C(Nc1ccccc1)N1CCCC(N2CCN(c3ccccc3)CC2)C1. The summed E-state index contributed by atoms with van der Waals surface area (Å²) < 4.78 is 0. The average Bonchev–Trinajstić information content (AvgIpc) is 2.75. The summed E-state index contributed by atoms with van der Waals surface area (Å²) in [6.07, 6.45) is 2.26. The summed E-state index contributed by atoms with van der Waals surface area (Å²) in [6.45, 7) is 5.90. The van der Waals surface area contributed by atoms with E-state index in [1.165, 1.54) is 12.1 Å². The van der Waals surface area contributed by atoms with Crippen molar-refractivity contribution < 1.29 is 4.79 Å². The number of piperazine rings is 1. The zero-order valence-electron chi connectivity index (χ0n) is 15.8. The molecule has 4 rings (SSSR count). The van der Waals surface area contributed by atoms with Crippen molar-refractivity contribution in [2.45, 2.75) is 18.9 Å². The van der Waals surface area contributed by atoms with Crippen molar-refractivity contribution in [3.8, 4) is 0 Å². The number of nitrogens with one attached hydrogen (secondary N) is 1. The number of hydrogen-bond acceptors (Lipinski definition) is 3. The van der Waals surface area contributed by atoms with E-state index in [0.29, 0.717) is 6.04 Å². The largest absolute Gasteiger partial charge is 0.369 e. The minimum atomic E-state index is 0.0221. The Morgan fingerprint density at radius 3 is 2.22 bits per heavy atom. The number of hydrogen-bond donors (Lipinski definition) is 1. The molecule has 5 heteroatoms. The van der Waals surface area contributed by atoms with Crippen LogP contribution in [0.15, 0.2) is 60.7 Å². The fourth-order valence-corrected chi connectivity index (χ4v) is 4.15. The number of rotatable bonds is 3. The molecular weight excluding hydrogens is 336 g/mol. The number of anilines is 2. The van der Waals surface area contributed by atoms with Gasteiger partial charge in [-0.05, 0) is 37.1 Å². The molecule has 27 heavy (non-hydrogen) atoms. The Kier molecular flexibility index (Phi) is 5.58. The van der Waals surface area contributed by atoms with Crippen LogP contribution in [0.5, 0.6) is 0 Å². The highest BCUT2D eigenvalue weighted by Gasteiger charge is 2.30. The molecule has 2 amide bonds. The van der Waals surface area contributed by atoms with Crippen molar-refractivity contribution in [3.05, 3.63) is 60.7 Å². The van der Waals surface area contributed by atoms with E-state index in [1.807, 2.05) is 35.2 Å². The highest BCUT2D eigenvalue weighted by molar-refractivity contribution is 5.89. The molecule has 2 fully saturated rings. The molecule has 2 aromatic carbocycles. The zero-order valence-corrected chi connectivity index (χ0v) is 15.8. The summed E-state index contributed by atoms with van der Waals surface area (Å²) in [5.74, 6) is 0. The van der Waals surface area contributed by atoms with Crippen LogP contribution in [-0.4, -0.2) is 61.1 Å². The molecule has 0 bridgehead atoms. The van der Waals surface area contributed by atoms with Gasteiger partial charge in [-0.15, -0.1) is 0 Å². The number of benzene rings is 2. The molecule has 1 N–H and O–H groups in total. The second-order valence-electron chi connectivity index (χ2n) is 7.40. The van der Waals surface area contributed by atoms with Crippen LogP contribution in [-0.2, 0) is 0 Å². The maximum Gasteiger partial charge on any atom is 0.321 e. The van der Waals surface area contributed by atoms with Crippen molar-refractivity contribution in [1.29, 1.82) is 0 Å². The fourth-order valence-electron chi connectivity index (χ4n) is 4.15. The van der Waals surface area contributed by atoms with Gasteiger partial charge in [0.1, 0.15) is 0 Å². The number of amides is 2. The topological polar surface area (TPSA) is 38.8 Å². The lowest BCUT2D eigenvalue weighted by Gasteiger charge is -2.43. The van der Waals surface area contributed by atoms with E-state index in [1.54, 1.807) is 0 Å². The molecule has 5 nitrogen and oxygen atoms in total. The lowest BCUT2D eigenvalue weighted by molar-refractivity contribution is 0.108. The summed E-state index contributed by atoms with van der Waals surface area (Å²) in [4.78, 5) is 19.6. The second kappa shape index (κ2) is 8.44. The van der Waals surface area contributed by atoms with Gasteiger partial charge < -0.3 is 15.1 Å². The van der Waals surface area contributed by atoms with Gasteiger partial charge in [-0.3, -0.25) is 4.90 Å². The third-order valence-electron chi connectivity index (χ3n) is 5.66. The number of likely N-dealkylation sites (tertiary alicyclic amines) is 1. The molecule has 0 spiro atoms. The van der Waals surface area contributed by atoms with E-state index < -0.39 is 0 Å². The Bertz CT molecular complexity index is 728. The first-order valence-electron chi connectivity index (χ1n) is 9.94. The summed E-state index contributed by atoms with van der Waals surface area (Å²) >= 11 is 0. The lowest BCUT2D eigenvalue weighted by Crippen LogP contribution is -2.56.